The van der Waals surface area contributed by atoms with Crippen LogP contribution in [0, 0.1) is 5.82 Å². The van der Waals surface area contributed by atoms with Crippen LogP contribution >= 0.6 is 12.2 Å². The second-order valence-electron chi connectivity index (χ2n) is 4.73. The number of hydrazine groups is 1. The number of nitrogens with one attached hydrogen (secondary N) is 3. The maximum absolute atomic E-state index is 12.8. The number of carbonyl (C=O) groups is 2. The monoisotopic (exact) mass is 341 g/mol. The standard InChI is InChI=1S/C15H20FN3O3S/c1-22-13(20)5-3-2-4-10-17-15(23)19-18-14(21)11-6-8-12(16)9-7-11/h6-9H,2-5,10H2,1H3,(H,18,21)(H2,17,19,23). The molecule has 23 heavy (non-hydrogen) atoms. The van der Waals surface area contributed by atoms with Crippen molar-refractivity contribution in [1.82, 2.24) is 16.2 Å². The molecule has 0 aliphatic carbocycles. The number of carbonyl (C=O) groups excluding carboxylic acids is 2. The number of amides is 1. The first-order valence-corrected chi connectivity index (χ1v) is 7.60. The number of unbranched alkanes of at least 4 members (excludes halogenated alkanes) is 2. The van der Waals surface area contributed by atoms with E-state index in [1.165, 1.54) is 31.4 Å². The van der Waals surface area contributed by atoms with Gasteiger partial charge < -0.3 is 10.1 Å². The van der Waals surface area contributed by atoms with Gasteiger partial charge in [0.1, 0.15) is 5.82 Å². The molecule has 0 saturated carbocycles. The van der Waals surface area contributed by atoms with E-state index in [2.05, 4.69) is 20.9 Å². The van der Waals surface area contributed by atoms with Crippen molar-refractivity contribution in [3.05, 3.63) is 35.6 Å². The molecular formula is C15H20FN3O3S. The summed E-state index contributed by atoms with van der Waals surface area (Å²) in [5.41, 5.74) is 5.31. The number of methoxy groups -OCH3 is 1. The predicted octanol–water partition coefficient (Wildman–Crippen LogP) is 1.67. The second-order valence-corrected chi connectivity index (χ2v) is 5.14. The third-order valence-electron chi connectivity index (χ3n) is 2.97. The van der Waals surface area contributed by atoms with Gasteiger partial charge in [-0.15, -0.1) is 0 Å². The summed E-state index contributed by atoms with van der Waals surface area (Å²) < 4.78 is 17.3. The topological polar surface area (TPSA) is 79.5 Å². The molecule has 0 spiro atoms. The maximum Gasteiger partial charge on any atom is 0.305 e. The minimum absolute atomic E-state index is 0.210. The van der Waals surface area contributed by atoms with Crippen molar-refractivity contribution in [3.63, 3.8) is 0 Å². The molecule has 0 unspecified atom stereocenters. The van der Waals surface area contributed by atoms with E-state index in [1.807, 2.05) is 0 Å². The van der Waals surface area contributed by atoms with E-state index in [9.17, 15) is 14.0 Å². The van der Waals surface area contributed by atoms with E-state index < -0.39 is 11.7 Å². The first kappa shape index (κ1) is 18.8. The first-order valence-electron chi connectivity index (χ1n) is 7.19. The summed E-state index contributed by atoms with van der Waals surface area (Å²) >= 11 is 5.01. The predicted molar refractivity (Wildman–Crippen MR) is 88.1 cm³/mol. The fraction of sp³-hybridized carbons (Fsp3) is 0.400. The van der Waals surface area contributed by atoms with Crippen molar-refractivity contribution < 1.29 is 18.7 Å². The van der Waals surface area contributed by atoms with Gasteiger partial charge in [0.15, 0.2) is 5.11 Å². The van der Waals surface area contributed by atoms with Crippen molar-refractivity contribution in [2.75, 3.05) is 13.7 Å². The van der Waals surface area contributed by atoms with Crippen molar-refractivity contribution in [2.45, 2.75) is 25.7 Å². The lowest BCUT2D eigenvalue weighted by Gasteiger charge is -2.11. The van der Waals surface area contributed by atoms with Gasteiger partial charge in [0.25, 0.3) is 5.91 Å². The summed E-state index contributed by atoms with van der Waals surface area (Å²) in [4.78, 5) is 22.6. The van der Waals surface area contributed by atoms with Gasteiger partial charge >= 0.3 is 5.97 Å². The fourth-order valence-electron chi connectivity index (χ4n) is 1.71. The molecule has 0 heterocycles. The van der Waals surface area contributed by atoms with Gasteiger partial charge in [0.05, 0.1) is 7.11 Å². The largest absolute Gasteiger partial charge is 0.469 e. The number of hydrogen-bond donors (Lipinski definition) is 3. The summed E-state index contributed by atoms with van der Waals surface area (Å²) in [6.45, 7) is 0.624. The molecule has 1 amide bonds. The molecule has 0 bridgehead atoms. The molecule has 126 valence electrons. The SMILES string of the molecule is COC(=O)CCCCCNC(=S)NNC(=O)c1ccc(F)cc1. The summed E-state index contributed by atoms with van der Waals surface area (Å²) in [6.07, 6.45) is 2.88. The van der Waals surface area contributed by atoms with Crippen LogP contribution in [0.1, 0.15) is 36.0 Å². The Kier molecular flexibility index (Phi) is 8.59. The van der Waals surface area contributed by atoms with E-state index in [4.69, 9.17) is 12.2 Å². The Hall–Kier alpha value is -2.22. The smallest absolute Gasteiger partial charge is 0.305 e. The van der Waals surface area contributed by atoms with E-state index in [1.54, 1.807) is 0 Å². The minimum atomic E-state index is -0.410. The maximum atomic E-state index is 12.8. The van der Waals surface area contributed by atoms with Crippen molar-refractivity contribution >= 4 is 29.2 Å². The summed E-state index contributed by atoms with van der Waals surface area (Å²) in [6, 6.07) is 5.17. The molecule has 0 aromatic heterocycles. The van der Waals surface area contributed by atoms with Crippen LogP contribution in [-0.2, 0) is 9.53 Å². The molecule has 0 atom stereocenters. The highest BCUT2D eigenvalue weighted by Crippen LogP contribution is 2.02. The fourth-order valence-corrected chi connectivity index (χ4v) is 1.86. The molecule has 0 aliphatic rings. The van der Waals surface area contributed by atoms with E-state index >= 15 is 0 Å². The van der Waals surface area contributed by atoms with Crippen LogP contribution in [0.3, 0.4) is 0 Å². The lowest BCUT2D eigenvalue weighted by molar-refractivity contribution is -0.140. The average molecular weight is 341 g/mol. The van der Waals surface area contributed by atoms with E-state index in [-0.39, 0.29) is 11.1 Å². The molecule has 1 rings (SSSR count). The quantitative estimate of drug-likeness (QED) is 0.303. The molecule has 0 saturated heterocycles. The summed E-state index contributed by atoms with van der Waals surface area (Å²) in [5.74, 6) is -1.02. The molecule has 0 fully saturated rings. The van der Waals surface area contributed by atoms with Crippen molar-refractivity contribution in [2.24, 2.45) is 0 Å². The molecule has 0 radical (unpaired) electrons. The van der Waals surface area contributed by atoms with Gasteiger partial charge in [-0.1, -0.05) is 6.42 Å². The van der Waals surface area contributed by atoms with E-state index in [0.29, 0.717) is 18.5 Å². The minimum Gasteiger partial charge on any atom is -0.469 e. The number of benzene rings is 1. The molecule has 8 heteroatoms. The van der Waals surface area contributed by atoms with Crippen LogP contribution in [0.15, 0.2) is 24.3 Å². The Balaban J connectivity index is 2.11. The third-order valence-corrected chi connectivity index (χ3v) is 3.21. The zero-order valence-electron chi connectivity index (χ0n) is 12.9. The Bertz CT molecular complexity index is 537. The summed E-state index contributed by atoms with van der Waals surface area (Å²) in [5, 5.41) is 3.22. The number of thiocarbonyl (C=S) groups is 1. The molecule has 0 aliphatic heterocycles. The zero-order chi connectivity index (χ0) is 17.1. The van der Waals surface area contributed by atoms with Gasteiger partial charge in [-0.05, 0) is 49.3 Å². The number of ether oxygens (including phenoxy) is 1. The number of esters is 1. The van der Waals surface area contributed by atoms with Gasteiger partial charge in [-0.25, -0.2) is 4.39 Å². The first-order chi connectivity index (χ1) is 11.0. The van der Waals surface area contributed by atoms with Gasteiger partial charge in [0.2, 0.25) is 0 Å². The number of halogens is 1. The van der Waals surface area contributed by atoms with Crippen molar-refractivity contribution in [3.8, 4) is 0 Å². The highest BCUT2D eigenvalue weighted by molar-refractivity contribution is 7.80. The molecule has 6 nitrogen and oxygen atoms in total. The Labute approximate surface area is 139 Å². The Morgan fingerprint density at radius 3 is 2.48 bits per heavy atom. The zero-order valence-corrected chi connectivity index (χ0v) is 13.7. The Morgan fingerprint density at radius 2 is 1.83 bits per heavy atom. The highest BCUT2D eigenvalue weighted by atomic mass is 32.1. The molecule has 1 aromatic rings. The molecule has 3 N–H and O–H groups in total. The average Bonchev–Trinajstić information content (AvgIpc) is 2.56. The lowest BCUT2D eigenvalue weighted by Crippen LogP contribution is -2.46. The van der Waals surface area contributed by atoms with E-state index in [0.717, 1.165) is 19.3 Å². The van der Waals surface area contributed by atoms with Crippen LogP contribution in [0.25, 0.3) is 0 Å². The number of rotatable bonds is 7. The third kappa shape index (κ3) is 8.10. The normalized spacial score (nSPS) is 9.83. The molecular weight excluding hydrogens is 321 g/mol. The van der Waals surface area contributed by atoms with Crippen LogP contribution in [0.2, 0.25) is 0 Å². The van der Waals surface area contributed by atoms with Gasteiger partial charge in [0, 0.05) is 18.5 Å². The van der Waals surface area contributed by atoms with Crippen LogP contribution in [0.4, 0.5) is 4.39 Å². The Morgan fingerprint density at radius 1 is 1.13 bits per heavy atom. The van der Waals surface area contributed by atoms with Crippen LogP contribution < -0.4 is 16.2 Å². The van der Waals surface area contributed by atoms with Crippen LogP contribution in [-0.4, -0.2) is 30.6 Å². The lowest BCUT2D eigenvalue weighted by atomic mass is 10.2. The van der Waals surface area contributed by atoms with Crippen LogP contribution in [0.5, 0.6) is 0 Å². The van der Waals surface area contributed by atoms with Crippen molar-refractivity contribution in [1.29, 1.82) is 0 Å². The summed E-state index contributed by atoms with van der Waals surface area (Å²) in [7, 11) is 1.37. The number of hydrogen-bond acceptors (Lipinski definition) is 4. The highest BCUT2D eigenvalue weighted by Gasteiger charge is 2.05. The van der Waals surface area contributed by atoms with Gasteiger partial charge in [-0.3, -0.25) is 20.4 Å². The second kappa shape index (κ2) is 10.5. The van der Waals surface area contributed by atoms with Gasteiger partial charge in [-0.2, -0.15) is 0 Å². The molecule has 1 aromatic carbocycles.